The molecular weight excluding hydrogens is 734 g/mol. The van der Waals surface area contributed by atoms with Gasteiger partial charge in [-0.25, -0.2) is 0 Å². The van der Waals surface area contributed by atoms with E-state index in [9.17, 15) is 24.3 Å². The molecule has 3 amide bonds. The zero-order valence-electron chi connectivity index (χ0n) is 35.6. The van der Waals surface area contributed by atoms with Crippen LogP contribution >= 0.6 is 0 Å². The van der Waals surface area contributed by atoms with Crippen molar-refractivity contribution in [2.75, 3.05) is 99.3 Å². The Balaban J connectivity index is 3.46. The van der Waals surface area contributed by atoms with Crippen LogP contribution in [0.3, 0.4) is 0 Å². The minimum absolute atomic E-state index is 0.0231. The number of likely N-dealkylation sites (N-methyl/N-ethyl adjacent to an activating group) is 1. The summed E-state index contributed by atoms with van der Waals surface area (Å²) in [6.45, 7) is 4.55. The molecule has 0 aliphatic rings. The van der Waals surface area contributed by atoms with Gasteiger partial charge < -0.3 is 60.5 Å². The van der Waals surface area contributed by atoms with Crippen molar-refractivity contribution in [2.45, 2.75) is 147 Å². The second kappa shape index (κ2) is 44.9. The van der Waals surface area contributed by atoms with Crippen LogP contribution in [0.15, 0.2) is 0 Å². The number of hydrogen-bond acceptors (Lipinski definition) is 12. The first-order valence-corrected chi connectivity index (χ1v) is 22.2. The number of carbonyl (C=O) groups excluding carboxylic acids is 4. The van der Waals surface area contributed by atoms with Crippen LogP contribution in [0.2, 0.25) is 0 Å². The van der Waals surface area contributed by atoms with Crippen molar-refractivity contribution in [1.29, 1.82) is 0 Å². The van der Waals surface area contributed by atoms with Crippen molar-refractivity contribution in [1.82, 2.24) is 26.6 Å². The number of carbonyl (C=O) groups is 4. The van der Waals surface area contributed by atoms with Gasteiger partial charge in [-0.1, -0.05) is 83.5 Å². The molecule has 0 aromatic heterocycles. The van der Waals surface area contributed by atoms with E-state index in [0.717, 1.165) is 64.2 Å². The summed E-state index contributed by atoms with van der Waals surface area (Å²) in [7, 11) is 1.75. The number of amides is 3. The number of aliphatic hydroxyl groups is 2. The summed E-state index contributed by atoms with van der Waals surface area (Å²) >= 11 is 0. The molecule has 0 radical (unpaired) electrons. The van der Waals surface area contributed by atoms with Gasteiger partial charge in [0.15, 0.2) is 0 Å². The van der Waals surface area contributed by atoms with Gasteiger partial charge in [-0.2, -0.15) is 0 Å². The second-order valence-electron chi connectivity index (χ2n) is 14.7. The normalized spacial score (nSPS) is 12.3. The van der Waals surface area contributed by atoms with Gasteiger partial charge in [0.1, 0.15) is 19.5 Å². The Morgan fingerprint density at radius 1 is 0.526 bits per heavy atom. The summed E-state index contributed by atoms with van der Waals surface area (Å²) in [6, 6.07) is -0.360. The molecule has 0 aromatic rings. The first-order valence-electron chi connectivity index (χ1n) is 22.2. The van der Waals surface area contributed by atoms with Crippen molar-refractivity contribution in [3.63, 3.8) is 0 Å². The molecule has 0 aromatic carbocycles. The van der Waals surface area contributed by atoms with Crippen LogP contribution in [0.4, 0.5) is 0 Å². The van der Waals surface area contributed by atoms with Gasteiger partial charge >= 0.3 is 0 Å². The number of aldehydes is 1. The Morgan fingerprint density at radius 2 is 1.04 bits per heavy atom. The predicted octanol–water partition coefficient (Wildman–Crippen LogP) is 3.32. The Kier molecular flexibility index (Phi) is 43.1. The van der Waals surface area contributed by atoms with E-state index in [1.54, 1.807) is 7.05 Å². The summed E-state index contributed by atoms with van der Waals surface area (Å²) < 4.78 is 21.6. The lowest BCUT2D eigenvalue weighted by Crippen LogP contribution is -2.38. The van der Waals surface area contributed by atoms with E-state index < -0.39 is 0 Å². The van der Waals surface area contributed by atoms with Crippen molar-refractivity contribution in [3.8, 4) is 0 Å². The van der Waals surface area contributed by atoms with E-state index in [4.69, 9.17) is 24.1 Å². The fraction of sp³-hybridized carbons (Fsp3) is 0.905. The molecule has 15 nitrogen and oxygen atoms in total. The average Bonchev–Trinajstić information content (AvgIpc) is 3.21. The first kappa shape index (κ1) is 54.8. The second-order valence-corrected chi connectivity index (χ2v) is 14.7. The molecule has 336 valence electrons. The van der Waals surface area contributed by atoms with Crippen LogP contribution in [-0.2, 0) is 38.1 Å². The third kappa shape index (κ3) is 41.7. The minimum atomic E-state index is -0.241. The fourth-order valence-corrected chi connectivity index (χ4v) is 6.08. The highest BCUT2D eigenvalue weighted by Crippen LogP contribution is 2.14. The highest BCUT2D eigenvalue weighted by atomic mass is 16.5. The molecular formula is C42H83N5O10. The summed E-state index contributed by atoms with van der Waals surface area (Å²) in [5.74, 6) is -0.413. The third-order valence-electron chi connectivity index (χ3n) is 9.55. The van der Waals surface area contributed by atoms with Gasteiger partial charge in [-0.3, -0.25) is 14.4 Å². The maximum atomic E-state index is 12.3. The largest absolute Gasteiger partial charge is 0.396 e. The zero-order valence-corrected chi connectivity index (χ0v) is 35.6. The number of nitrogens with one attached hydrogen (secondary N) is 5. The number of rotatable bonds is 46. The Bertz CT molecular complexity index is 920. The number of aliphatic hydroxyl groups excluding tert-OH is 2. The van der Waals surface area contributed by atoms with E-state index in [1.165, 1.54) is 70.6 Å². The predicted molar refractivity (Wildman–Crippen MR) is 224 cm³/mol. The van der Waals surface area contributed by atoms with Crippen LogP contribution in [0.1, 0.15) is 135 Å². The van der Waals surface area contributed by atoms with Crippen LogP contribution < -0.4 is 26.6 Å². The Morgan fingerprint density at radius 3 is 1.56 bits per heavy atom. The molecule has 0 rings (SSSR count). The summed E-state index contributed by atoms with van der Waals surface area (Å²) in [5.41, 5.74) is 0. The molecule has 2 atom stereocenters. The zero-order chi connectivity index (χ0) is 41.7. The lowest BCUT2D eigenvalue weighted by molar-refractivity contribution is -0.127. The minimum Gasteiger partial charge on any atom is -0.396 e. The number of unbranched alkanes of at least 4 members (excludes halogenated alkanes) is 15. The van der Waals surface area contributed by atoms with E-state index >= 15 is 0 Å². The summed E-state index contributed by atoms with van der Waals surface area (Å²) in [5, 5.41) is 33.2. The van der Waals surface area contributed by atoms with E-state index in [1.807, 2.05) is 0 Å². The molecule has 0 bridgehead atoms. The van der Waals surface area contributed by atoms with Crippen LogP contribution in [0, 0.1) is 0 Å². The SMILES string of the molecule is CN[C@H](C=O)CCCCNC(=O)COCCOCCNC(=O)COCCOCCNCCC[C@@H](CO)NC(=O)CCCCCCCCCCCCCCCCCO. The molecule has 0 heterocycles. The maximum absolute atomic E-state index is 12.3. The lowest BCUT2D eigenvalue weighted by Gasteiger charge is -2.16. The first-order chi connectivity index (χ1) is 28.0. The molecule has 57 heavy (non-hydrogen) atoms. The standard InChI is InChI=1S/C42H83N5O10/c1-43-38(34-49)20-16-17-24-45-41(52)36-56-33-31-55-29-26-46-42(53)37-57-32-30-54-28-25-44-23-19-21-39(35-50)47-40(51)22-15-13-11-9-7-5-3-2-4-6-8-10-12-14-18-27-48/h34,38-39,43-44,48,50H,2-33,35-37H2,1H3,(H,45,52)(H,46,53)(H,47,51)/t38-,39-/m0/s1. The molecule has 0 fully saturated rings. The van der Waals surface area contributed by atoms with Gasteiger partial charge in [-0.05, 0) is 58.5 Å². The van der Waals surface area contributed by atoms with Crippen molar-refractivity contribution in [3.05, 3.63) is 0 Å². The van der Waals surface area contributed by atoms with Gasteiger partial charge in [0, 0.05) is 32.7 Å². The van der Waals surface area contributed by atoms with Crippen molar-refractivity contribution >= 4 is 24.0 Å². The average molecular weight is 818 g/mol. The fourth-order valence-electron chi connectivity index (χ4n) is 6.08. The number of hydrogen-bond donors (Lipinski definition) is 7. The third-order valence-corrected chi connectivity index (χ3v) is 9.55. The smallest absolute Gasteiger partial charge is 0.246 e. The van der Waals surface area contributed by atoms with Gasteiger partial charge in [0.05, 0.1) is 58.3 Å². The molecule has 0 unspecified atom stereocenters. The van der Waals surface area contributed by atoms with E-state index in [0.29, 0.717) is 72.1 Å². The number of ether oxygens (including phenoxy) is 4. The summed E-state index contributed by atoms with van der Waals surface area (Å²) in [4.78, 5) is 46.7. The van der Waals surface area contributed by atoms with Crippen LogP contribution in [-0.4, -0.2) is 146 Å². The molecule has 0 saturated heterocycles. The Labute approximate surface area is 344 Å². The quantitative estimate of drug-likeness (QED) is 0.0349. The molecule has 0 saturated carbocycles. The van der Waals surface area contributed by atoms with Gasteiger partial charge in [-0.15, -0.1) is 0 Å². The monoisotopic (exact) mass is 818 g/mol. The van der Waals surface area contributed by atoms with Crippen LogP contribution in [0.5, 0.6) is 0 Å². The lowest BCUT2D eigenvalue weighted by atomic mass is 10.0. The van der Waals surface area contributed by atoms with Crippen molar-refractivity contribution < 1.29 is 48.3 Å². The molecule has 7 N–H and O–H groups in total. The van der Waals surface area contributed by atoms with Crippen molar-refractivity contribution in [2.24, 2.45) is 0 Å². The summed E-state index contributed by atoms with van der Waals surface area (Å²) in [6.07, 6.45) is 23.6. The van der Waals surface area contributed by atoms with E-state index in [2.05, 4.69) is 26.6 Å². The molecule has 15 heteroatoms. The highest BCUT2D eigenvalue weighted by Gasteiger charge is 2.11. The maximum Gasteiger partial charge on any atom is 0.246 e. The molecule has 0 spiro atoms. The molecule has 0 aliphatic carbocycles. The van der Waals surface area contributed by atoms with Gasteiger partial charge in [0.25, 0.3) is 0 Å². The molecule has 0 aliphatic heterocycles. The Hall–Kier alpha value is -2.24. The topological polar surface area (TPSA) is 206 Å². The van der Waals surface area contributed by atoms with Crippen LogP contribution in [0.25, 0.3) is 0 Å². The van der Waals surface area contributed by atoms with Gasteiger partial charge in [0.2, 0.25) is 17.7 Å². The van der Waals surface area contributed by atoms with E-state index in [-0.39, 0.29) is 56.2 Å². The highest BCUT2D eigenvalue weighted by molar-refractivity contribution is 5.77.